The Bertz CT molecular complexity index is 955. The number of halogens is 1. The molecule has 1 aromatic heterocycles. The summed E-state index contributed by atoms with van der Waals surface area (Å²) in [5.74, 6) is 0.0483. The maximum Gasteiger partial charge on any atom is 0.236 e. The third-order valence-electron chi connectivity index (χ3n) is 6.80. The first-order valence-corrected chi connectivity index (χ1v) is 13.1. The van der Waals surface area contributed by atoms with Crippen LogP contribution in [0.5, 0.6) is 0 Å². The minimum Gasteiger partial charge on any atom is -0.339 e. The quantitative estimate of drug-likeness (QED) is 0.534. The summed E-state index contributed by atoms with van der Waals surface area (Å²) in [4.78, 5) is 32.9. The van der Waals surface area contributed by atoms with Crippen molar-refractivity contribution in [1.82, 2.24) is 14.7 Å². The van der Waals surface area contributed by atoms with E-state index in [9.17, 15) is 14.0 Å². The van der Waals surface area contributed by atoms with Crippen molar-refractivity contribution < 1.29 is 14.0 Å². The van der Waals surface area contributed by atoms with Crippen molar-refractivity contribution in [2.24, 2.45) is 0 Å². The first kappa shape index (κ1) is 23.9. The number of thiophene rings is 1. The zero-order valence-corrected chi connectivity index (χ0v) is 20.3. The number of unbranched alkanes of at least 4 members (excludes halogenated alkanes) is 3. The van der Waals surface area contributed by atoms with Gasteiger partial charge in [-0.3, -0.25) is 14.5 Å². The maximum atomic E-state index is 14.0. The lowest BCUT2D eigenvalue weighted by atomic mass is 9.93. The lowest BCUT2D eigenvalue weighted by Gasteiger charge is -2.39. The third kappa shape index (κ3) is 5.82. The van der Waals surface area contributed by atoms with E-state index in [1.54, 1.807) is 23.5 Å². The van der Waals surface area contributed by atoms with E-state index in [-0.39, 0.29) is 23.7 Å². The number of carbonyl (C=O) groups is 2. The summed E-state index contributed by atoms with van der Waals surface area (Å²) in [5.41, 5.74) is 2.07. The third-order valence-corrected chi connectivity index (χ3v) is 7.79. The fourth-order valence-corrected chi connectivity index (χ4v) is 5.85. The average Bonchev–Trinajstić information content (AvgIpc) is 3.30. The van der Waals surface area contributed by atoms with E-state index < -0.39 is 0 Å². The molecule has 0 unspecified atom stereocenters. The second kappa shape index (κ2) is 11.3. The van der Waals surface area contributed by atoms with Crippen molar-refractivity contribution in [3.05, 3.63) is 57.5 Å². The number of hydrogen-bond acceptors (Lipinski definition) is 4. The fraction of sp³-hybridized carbons (Fsp3) is 0.538. The van der Waals surface area contributed by atoms with Crippen LogP contribution in [0, 0.1) is 5.82 Å². The van der Waals surface area contributed by atoms with Gasteiger partial charge in [0.15, 0.2) is 0 Å². The van der Waals surface area contributed by atoms with Gasteiger partial charge in [-0.2, -0.15) is 0 Å². The Hall–Kier alpha value is -2.25. The monoisotopic (exact) mass is 471 g/mol. The summed E-state index contributed by atoms with van der Waals surface area (Å²) in [7, 11) is 0. The molecule has 2 aromatic rings. The van der Waals surface area contributed by atoms with Crippen LogP contribution < -0.4 is 0 Å². The first-order chi connectivity index (χ1) is 16.1. The van der Waals surface area contributed by atoms with Crippen LogP contribution in [0.15, 0.2) is 35.7 Å². The normalized spacial score (nSPS) is 18.9. The predicted molar refractivity (Wildman–Crippen MR) is 130 cm³/mol. The van der Waals surface area contributed by atoms with Crippen LogP contribution in [-0.2, 0) is 16.0 Å². The maximum absolute atomic E-state index is 14.0. The number of nitrogens with zero attached hydrogens (tertiary/aromatic N) is 3. The van der Waals surface area contributed by atoms with Crippen LogP contribution in [0.25, 0.3) is 0 Å². The number of carbonyl (C=O) groups excluding carboxylic acids is 2. The number of hydrogen-bond donors (Lipinski definition) is 0. The zero-order valence-electron chi connectivity index (χ0n) is 19.5. The summed E-state index contributed by atoms with van der Waals surface area (Å²) in [5, 5.41) is 2.08. The molecule has 0 spiro atoms. The molecule has 178 valence electrons. The number of fused-ring (bicyclic) bond motifs is 1. The molecule has 4 rings (SSSR count). The number of rotatable bonds is 8. The summed E-state index contributed by atoms with van der Waals surface area (Å²) in [6.45, 7) is 5.64. The van der Waals surface area contributed by atoms with Crippen LogP contribution in [0.1, 0.15) is 61.1 Å². The van der Waals surface area contributed by atoms with Gasteiger partial charge in [0, 0.05) is 44.0 Å². The molecule has 1 fully saturated rings. The minimum absolute atomic E-state index is 0.0881. The van der Waals surface area contributed by atoms with Gasteiger partial charge in [0.1, 0.15) is 5.82 Å². The molecule has 1 aromatic carbocycles. The van der Waals surface area contributed by atoms with Crippen molar-refractivity contribution >= 4 is 23.2 Å². The van der Waals surface area contributed by atoms with E-state index >= 15 is 0 Å². The smallest absolute Gasteiger partial charge is 0.236 e. The van der Waals surface area contributed by atoms with Gasteiger partial charge in [-0.05, 0) is 47.5 Å². The van der Waals surface area contributed by atoms with Crippen LogP contribution in [-0.4, -0.2) is 65.8 Å². The van der Waals surface area contributed by atoms with Gasteiger partial charge < -0.3 is 9.80 Å². The van der Waals surface area contributed by atoms with Gasteiger partial charge in [0.2, 0.25) is 11.8 Å². The van der Waals surface area contributed by atoms with Gasteiger partial charge in [0.25, 0.3) is 0 Å². The second-order valence-electron chi connectivity index (χ2n) is 9.05. The van der Waals surface area contributed by atoms with E-state index in [1.807, 2.05) is 15.9 Å². The van der Waals surface area contributed by atoms with Gasteiger partial charge >= 0.3 is 0 Å². The molecule has 7 heteroatoms. The topological polar surface area (TPSA) is 43.9 Å². The van der Waals surface area contributed by atoms with E-state index in [1.165, 1.54) is 29.3 Å². The molecule has 1 atom stereocenters. The van der Waals surface area contributed by atoms with Crippen molar-refractivity contribution in [3.63, 3.8) is 0 Å². The molecule has 2 amide bonds. The van der Waals surface area contributed by atoms with Crippen LogP contribution in [0.4, 0.5) is 4.39 Å². The highest BCUT2D eigenvalue weighted by molar-refractivity contribution is 7.10. The van der Waals surface area contributed by atoms with Gasteiger partial charge in [0.05, 0.1) is 12.6 Å². The average molecular weight is 472 g/mol. The highest BCUT2D eigenvalue weighted by atomic mass is 32.1. The molecule has 0 N–H and O–H groups in total. The lowest BCUT2D eigenvalue weighted by molar-refractivity contribution is -0.140. The fourth-order valence-electron chi connectivity index (χ4n) is 4.95. The predicted octanol–water partition coefficient (Wildman–Crippen LogP) is 4.48. The highest BCUT2D eigenvalue weighted by Crippen LogP contribution is 2.37. The number of benzene rings is 1. The van der Waals surface area contributed by atoms with E-state index in [2.05, 4.69) is 23.3 Å². The van der Waals surface area contributed by atoms with Crippen molar-refractivity contribution in [1.29, 1.82) is 0 Å². The Balaban J connectivity index is 1.36. The minimum atomic E-state index is -0.253. The largest absolute Gasteiger partial charge is 0.339 e. The Labute approximate surface area is 200 Å². The summed E-state index contributed by atoms with van der Waals surface area (Å²) in [6.07, 6.45) is 5.92. The summed E-state index contributed by atoms with van der Waals surface area (Å²) < 4.78 is 14.0. The Morgan fingerprint density at radius 1 is 1.00 bits per heavy atom. The van der Waals surface area contributed by atoms with E-state index in [0.29, 0.717) is 39.1 Å². The van der Waals surface area contributed by atoms with Gasteiger partial charge in [-0.1, -0.05) is 38.3 Å². The number of piperazine rings is 1. The van der Waals surface area contributed by atoms with Crippen LogP contribution >= 0.6 is 11.3 Å². The first-order valence-electron chi connectivity index (χ1n) is 12.2. The molecule has 0 saturated carbocycles. The molecular weight excluding hydrogens is 437 g/mol. The molecular formula is C26H34FN3O2S. The number of amides is 2. The highest BCUT2D eigenvalue weighted by Gasteiger charge is 2.33. The van der Waals surface area contributed by atoms with Gasteiger partial charge in [-0.15, -0.1) is 11.3 Å². The molecule has 33 heavy (non-hydrogen) atoms. The molecule has 2 aliphatic heterocycles. The van der Waals surface area contributed by atoms with Crippen molar-refractivity contribution in [2.45, 2.75) is 51.5 Å². The summed E-state index contributed by atoms with van der Waals surface area (Å²) >= 11 is 1.73. The second-order valence-corrected chi connectivity index (χ2v) is 10.1. The van der Waals surface area contributed by atoms with Crippen molar-refractivity contribution in [2.75, 3.05) is 39.3 Å². The van der Waals surface area contributed by atoms with Gasteiger partial charge in [-0.25, -0.2) is 4.39 Å². The molecule has 2 aliphatic rings. The molecule has 0 bridgehead atoms. The lowest BCUT2D eigenvalue weighted by Crippen LogP contribution is -2.53. The molecule has 5 nitrogen and oxygen atoms in total. The molecule has 1 saturated heterocycles. The SMILES string of the molecule is CCCCCCC(=O)N1CCN(C(=O)CN2CCc3sccc3[C@H]2c2cccc(F)c2)CC1. The Kier molecular flexibility index (Phi) is 8.15. The Morgan fingerprint density at radius 3 is 2.48 bits per heavy atom. The van der Waals surface area contributed by atoms with Crippen molar-refractivity contribution in [3.8, 4) is 0 Å². The van der Waals surface area contributed by atoms with Crippen LogP contribution in [0.3, 0.4) is 0 Å². The zero-order chi connectivity index (χ0) is 23.2. The van der Waals surface area contributed by atoms with E-state index in [0.717, 1.165) is 31.4 Å². The van der Waals surface area contributed by atoms with E-state index in [4.69, 9.17) is 0 Å². The Morgan fingerprint density at radius 2 is 1.76 bits per heavy atom. The summed E-state index contributed by atoms with van der Waals surface area (Å²) in [6, 6.07) is 8.73. The van der Waals surface area contributed by atoms with Crippen LogP contribution in [0.2, 0.25) is 0 Å². The molecule has 3 heterocycles. The molecule has 0 aliphatic carbocycles. The standard InChI is InChI=1S/C26H34FN3O2S/c1-2-3-4-5-9-24(31)28-13-15-29(16-14-28)25(32)19-30-12-10-23-22(11-17-33-23)26(30)20-7-6-8-21(27)18-20/h6-8,11,17-18,26H,2-5,9-10,12-16,19H2,1H3/t26-/m1/s1. The molecule has 0 radical (unpaired) electrons.